The van der Waals surface area contributed by atoms with Crippen LogP contribution in [-0.2, 0) is 9.47 Å². The summed E-state index contributed by atoms with van der Waals surface area (Å²) in [5.41, 5.74) is -0.00703. The van der Waals surface area contributed by atoms with Gasteiger partial charge < -0.3 is 24.8 Å². The molecule has 0 bridgehead atoms. The lowest BCUT2D eigenvalue weighted by molar-refractivity contribution is -0.274. The third-order valence-electron chi connectivity index (χ3n) is 11.9. The van der Waals surface area contributed by atoms with Gasteiger partial charge in [-0.3, -0.25) is 0 Å². The van der Waals surface area contributed by atoms with E-state index in [4.69, 9.17) is 9.47 Å². The topological polar surface area (TPSA) is 79.2 Å². The second kappa shape index (κ2) is 7.16. The van der Waals surface area contributed by atoms with Crippen LogP contribution in [-0.4, -0.2) is 52.1 Å². The summed E-state index contributed by atoms with van der Waals surface area (Å²) in [4.78, 5) is 0. The van der Waals surface area contributed by atoms with Gasteiger partial charge >= 0.3 is 0 Å². The van der Waals surface area contributed by atoms with Crippen LogP contribution >= 0.6 is 0 Å². The maximum absolute atomic E-state index is 11.7. The van der Waals surface area contributed by atoms with E-state index in [2.05, 4.69) is 27.7 Å². The largest absolute Gasteiger partial charge is 0.393 e. The zero-order chi connectivity index (χ0) is 22.6. The third-order valence-corrected chi connectivity index (χ3v) is 11.9. The maximum Gasteiger partial charge on any atom is 0.171 e. The predicted molar refractivity (Wildman–Crippen MR) is 121 cm³/mol. The first-order valence-electron chi connectivity index (χ1n) is 13.4. The van der Waals surface area contributed by atoms with E-state index in [0.29, 0.717) is 48.3 Å². The highest BCUT2D eigenvalue weighted by atomic mass is 16.7. The number of hydrogen-bond acceptors (Lipinski definition) is 5. The zero-order valence-corrected chi connectivity index (χ0v) is 20.4. The molecule has 0 amide bonds. The Kier molecular flexibility index (Phi) is 4.99. The summed E-state index contributed by atoms with van der Waals surface area (Å²) >= 11 is 0. The first kappa shape index (κ1) is 22.3. The fourth-order valence-electron chi connectivity index (χ4n) is 10.4. The van der Waals surface area contributed by atoms with Crippen molar-refractivity contribution in [1.82, 2.24) is 0 Å². The minimum atomic E-state index is -0.660. The van der Waals surface area contributed by atoms with Gasteiger partial charge in [-0.25, -0.2) is 0 Å². The van der Waals surface area contributed by atoms with Gasteiger partial charge in [0.1, 0.15) is 0 Å². The van der Waals surface area contributed by atoms with E-state index >= 15 is 0 Å². The third kappa shape index (κ3) is 2.81. The maximum atomic E-state index is 11.7. The standard InChI is InChI=1S/C27H44O5/c1-14-7-8-27(31-13-14)15(2)23-22(32-27)10-18-17-6-5-16-9-19(28)20(29)11-25(16,3)24(17)21(30)12-26(18,23)4/h14-24,28-30H,5-13H2,1-4H3/t14-,15+,16-,17+,18-,19-,20+,21-,22+,23+,24-,25+,26+,27-/m1/s1. The van der Waals surface area contributed by atoms with Crippen molar-refractivity contribution in [2.45, 2.75) is 109 Å². The summed E-state index contributed by atoms with van der Waals surface area (Å²) in [6, 6.07) is 0. The van der Waals surface area contributed by atoms with Crippen molar-refractivity contribution in [2.75, 3.05) is 6.61 Å². The number of aliphatic hydroxyl groups excluding tert-OH is 3. The first-order valence-corrected chi connectivity index (χ1v) is 13.4. The van der Waals surface area contributed by atoms with Gasteiger partial charge in [-0.2, -0.15) is 0 Å². The van der Waals surface area contributed by atoms with E-state index in [1.807, 2.05) is 0 Å². The van der Waals surface area contributed by atoms with Crippen LogP contribution in [0.1, 0.15) is 79.1 Å². The lowest BCUT2D eigenvalue weighted by atomic mass is 9.43. The molecule has 4 saturated carbocycles. The van der Waals surface area contributed by atoms with Gasteiger partial charge in [0.05, 0.1) is 31.0 Å². The van der Waals surface area contributed by atoms with E-state index in [-0.39, 0.29) is 29.0 Å². The van der Waals surface area contributed by atoms with Crippen molar-refractivity contribution in [3.8, 4) is 0 Å². The van der Waals surface area contributed by atoms with E-state index in [9.17, 15) is 15.3 Å². The highest BCUT2D eigenvalue weighted by molar-refractivity contribution is 5.17. The van der Waals surface area contributed by atoms with Gasteiger partial charge in [0.2, 0.25) is 0 Å². The molecule has 32 heavy (non-hydrogen) atoms. The average molecular weight is 449 g/mol. The van der Waals surface area contributed by atoms with Crippen molar-refractivity contribution in [2.24, 2.45) is 52.3 Å². The van der Waals surface area contributed by atoms with E-state index in [1.165, 1.54) is 6.42 Å². The molecule has 4 aliphatic carbocycles. The molecule has 5 heteroatoms. The monoisotopic (exact) mass is 448 g/mol. The summed E-state index contributed by atoms with van der Waals surface area (Å²) in [6.07, 6.45) is 6.27. The highest BCUT2D eigenvalue weighted by Crippen LogP contribution is 2.71. The van der Waals surface area contributed by atoms with Gasteiger partial charge in [0.25, 0.3) is 0 Å². The molecule has 2 aliphatic heterocycles. The molecular weight excluding hydrogens is 404 g/mol. The van der Waals surface area contributed by atoms with Crippen LogP contribution in [0.2, 0.25) is 0 Å². The molecule has 1 spiro atoms. The van der Waals surface area contributed by atoms with E-state index < -0.39 is 18.0 Å². The molecule has 0 radical (unpaired) electrons. The molecule has 0 aromatic rings. The van der Waals surface area contributed by atoms with Crippen molar-refractivity contribution in [3.63, 3.8) is 0 Å². The molecule has 6 aliphatic rings. The molecule has 5 nitrogen and oxygen atoms in total. The highest BCUT2D eigenvalue weighted by Gasteiger charge is 2.70. The molecule has 2 saturated heterocycles. The molecule has 6 fully saturated rings. The number of hydrogen-bond donors (Lipinski definition) is 3. The van der Waals surface area contributed by atoms with E-state index in [1.54, 1.807) is 0 Å². The number of rotatable bonds is 0. The Morgan fingerprint density at radius 1 is 0.812 bits per heavy atom. The Balaban J connectivity index is 1.29. The molecular formula is C27H44O5. The summed E-state index contributed by atoms with van der Waals surface area (Å²) < 4.78 is 13.3. The fourth-order valence-corrected chi connectivity index (χ4v) is 10.4. The molecule has 0 unspecified atom stereocenters. The van der Waals surface area contributed by atoms with Crippen LogP contribution < -0.4 is 0 Å². The second-order valence-corrected chi connectivity index (χ2v) is 13.4. The van der Waals surface area contributed by atoms with Crippen LogP contribution in [0.15, 0.2) is 0 Å². The summed E-state index contributed by atoms with van der Waals surface area (Å²) in [6.45, 7) is 10.2. The molecule has 14 atom stereocenters. The lowest BCUT2D eigenvalue weighted by Gasteiger charge is -2.63. The smallest absolute Gasteiger partial charge is 0.171 e. The van der Waals surface area contributed by atoms with Gasteiger partial charge in [-0.15, -0.1) is 0 Å². The quantitative estimate of drug-likeness (QED) is 0.526. The van der Waals surface area contributed by atoms with Gasteiger partial charge in [0.15, 0.2) is 5.79 Å². The van der Waals surface area contributed by atoms with Crippen LogP contribution in [0.25, 0.3) is 0 Å². The van der Waals surface area contributed by atoms with Crippen LogP contribution in [0.5, 0.6) is 0 Å². The second-order valence-electron chi connectivity index (χ2n) is 13.4. The minimum Gasteiger partial charge on any atom is -0.393 e. The number of aliphatic hydroxyl groups is 3. The number of ether oxygens (including phenoxy) is 2. The molecule has 3 N–H and O–H groups in total. The van der Waals surface area contributed by atoms with Crippen molar-refractivity contribution < 1.29 is 24.8 Å². The fraction of sp³-hybridized carbons (Fsp3) is 1.00. The Morgan fingerprint density at radius 2 is 1.56 bits per heavy atom. The normalized spacial score (nSPS) is 64.0. The number of fused-ring (bicyclic) bond motifs is 7. The van der Waals surface area contributed by atoms with Crippen molar-refractivity contribution >= 4 is 0 Å². The molecule has 0 aromatic heterocycles. The molecule has 182 valence electrons. The first-order chi connectivity index (χ1) is 15.1. The Morgan fingerprint density at radius 3 is 2.28 bits per heavy atom. The Bertz CT molecular complexity index is 748. The van der Waals surface area contributed by atoms with Gasteiger partial charge in [0, 0.05) is 12.3 Å². The SMILES string of the molecule is C[C@@H]1CC[C@@]2(OC1)O[C@H]1C[C@@H]3[C@@H]4CC[C@@H]5C[C@@H](O)[C@@H](O)C[C@]5(C)[C@H]4[C@H](O)C[C@]3(C)[C@H]1[C@@H]2C. The van der Waals surface area contributed by atoms with Crippen molar-refractivity contribution in [1.29, 1.82) is 0 Å². The zero-order valence-electron chi connectivity index (χ0n) is 20.4. The van der Waals surface area contributed by atoms with Gasteiger partial charge in [-0.05, 0) is 91.3 Å². The van der Waals surface area contributed by atoms with Crippen molar-refractivity contribution in [3.05, 3.63) is 0 Å². The lowest BCUT2D eigenvalue weighted by Crippen LogP contribution is -2.61. The van der Waals surface area contributed by atoms with Crippen LogP contribution in [0.3, 0.4) is 0 Å². The van der Waals surface area contributed by atoms with E-state index in [0.717, 1.165) is 38.7 Å². The summed E-state index contributed by atoms with van der Waals surface area (Å²) in [7, 11) is 0. The average Bonchev–Trinajstić information content (AvgIpc) is 3.16. The van der Waals surface area contributed by atoms with Crippen LogP contribution in [0.4, 0.5) is 0 Å². The Labute approximate surface area is 193 Å². The minimum absolute atomic E-state index is 0.0799. The Hall–Kier alpha value is -0.200. The summed E-state index contributed by atoms with van der Waals surface area (Å²) in [5.74, 6) is 2.67. The predicted octanol–water partition coefficient (Wildman–Crippen LogP) is 3.74. The molecule has 6 rings (SSSR count). The summed E-state index contributed by atoms with van der Waals surface area (Å²) in [5, 5.41) is 32.6. The van der Waals surface area contributed by atoms with Crippen LogP contribution in [0, 0.1) is 52.3 Å². The molecule has 2 heterocycles. The van der Waals surface area contributed by atoms with Gasteiger partial charge in [-0.1, -0.05) is 27.7 Å². The molecule has 0 aromatic carbocycles.